The Balaban J connectivity index is 2.85. The highest BCUT2D eigenvalue weighted by Gasteiger charge is 2.50. The van der Waals surface area contributed by atoms with Gasteiger partial charge in [0.2, 0.25) is 0 Å². The van der Waals surface area contributed by atoms with Gasteiger partial charge in [0.1, 0.15) is 0 Å². The van der Waals surface area contributed by atoms with Gasteiger partial charge in [-0.1, -0.05) is 24.3 Å². The molecule has 0 amide bonds. The van der Waals surface area contributed by atoms with Crippen molar-refractivity contribution in [1.29, 1.82) is 5.26 Å². The number of hydrogen-bond donors (Lipinski definition) is 0. The highest BCUT2D eigenvalue weighted by molar-refractivity contribution is 7.23. The summed E-state index contributed by atoms with van der Waals surface area (Å²) in [6, 6.07) is 2.18. The Kier molecular flexibility index (Phi) is 5.54. The van der Waals surface area contributed by atoms with E-state index in [1.807, 2.05) is 33.7 Å². The predicted octanol–water partition coefficient (Wildman–Crippen LogP) is 4.22. The predicted molar refractivity (Wildman–Crippen MR) is 87.0 cm³/mol. The van der Waals surface area contributed by atoms with E-state index in [9.17, 15) is 0 Å². The van der Waals surface area contributed by atoms with Crippen LogP contribution in [0.5, 0.6) is 0 Å². The van der Waals surface area contributed by atoms with E-state index < -0.39 is 7.38 Å². The molecule has 20 heavy (non-hydrogen) atoms. The number of unbranched alkanes of at least 4 members (excludes halogenated alkanes) is 1. The Morgan fingerprint density at radius 1 is 1.25 bits per heavy atom. The summed E-state index contributed by atoms with van der Waals surface area (Å²) in [7, 11) is -2.28. The number of hydrogen-bond acceptors (Lipinski definition) is 3. The minimum atomic E-state index is -1.93. The van der Waals surface area contributed by atoms with Gasteiger partial charge < -0.3 is 9.31 Å². The lowest BCUT2D eigenvalue weighted by Crippen LogP contribution is -2.41. The van der Waals surface area contributed by atoms with Crippen molar-refractivity contribution in [2.75, 3.05) is 0 Å². The highest BCUT2D eigenvalue weighted by Crippen LogP contribution is 2.38. The maximum atomic E-state index is 8.66. The molecule has 0 N–H and O–H groups in total. The molecule has 0 aromatic rings. The van der Waals surface area contributed by atoms with Gasteiger partial charge in [-0.3, -0.25) is 0 Å². The third-order valence-corrected chi connectivity index (χ3v) is 6.78. The summed E-state index contributed by atoms with van der Waals surface area (Å²) < 4.78 is 12.0. The molecule has 1 saturated heterocycles. The Morgan fingerprint density at radius 2 is 1.75 bits per heavy atom. The van der Waals surface area contributed by atoms with Gasteiger partial charge in [0, 0.05) is 6.42 Å². The summed E-state index contributed by atoms with van der Waals surface area (Å²) >= 11 is 6.58. The Labute approximate surface area is 129 Å². The summed E-state index contributed by atoms with van der Waals surface area (Å²) in [6.45, 7) is 12.4. The zero-order chi connectivity index (χ0) is 15.6. The van der Waals surface area contributed by atoms with Crippen molar-refractivity contribution in [3.8, 4) is 6.07 Å². The molecule has 0 spiro atoms. The van der Waals surface area contributed by atoms with E-state index in [0.717, 1.165) is 12.8 Å². The normalized spacial score (nSPS) is 21.9. The van der Waals surface area contributed by atoms with Crippen molar-refractivity contribution < 1.29 is 9.31 Å². The molecule has 0 aliphatic carbocycles. The average molecular weight is 314 g/mol. The number of nitriles is 1. The zero-order valence-electron chi connectivity index (χ0n) is 13.4. The van der Waals surface area contributed by atoms with Crippen molar-refractivity contribution in [2.24, 2.45) is 0 Å². The summed E-state index contributed by atoms with van der Waals surface area (Å²) in [5.41, 5.74) is -0.659. The van der Waals surface area contributed by atoms with Crippen LogP contribution in [0.25, 0.3) is 0 Å². The van der Waals surface area contributed by atoms with Gasteiger partial charge in [0.05, 0.1) is 17.3 Å². The minimum Gasteiger partial charge on any atom is -0.400 e. The quantitative estimate of drug-likeness (QED) is 0.433. The van der Waals surface area contributed by atoms with E-state index in [1.54, 1.807) is 0 Å². The van der Waals surface area contributed by atoms with Gasteiger partial charge in [-0.25, -0.2) is 0 Å². The number of nitrogens with zero attached hydrogens (tertiary/aromatic N) is 1. The van der Waals surface area contributed by atoms with Crippen LogP contribution in [0, 0.1) is 11.3 Å². The van der Waals surface area contributed by atoms with Crippen molar-refractivity contribution >= 4 is 25.6 Å². The lowest BCUT2D eigenvalue weighted by atomic mass is 9.89. The van der Waals surface area contributed by atoms with Crippen LogP contribution < -0.4 is 0 Å². The maximum Gasteiger partial charge on any atom is 0.486 e. The zero-order valence-corrected chi connectivity index (χ0v) is 15.2. The summed E-state index contributed by atoms with van der Waals surface area (Å²) in [6.07, 6.45) is 2.24. The van der Waals surface area contributed by atoms with Gasteiger partial charge in [0.15, 0.2) is 7.38 Å². The summed E-state index contributed by atoms with van der Waals surface area (Å²) in [5.74, 6) is 2.03. The number of halogens is 1. The molecule has 0 saturated carbocycles. The van der Waals surface area contributed by atoms with Crippen molar-refractivity contribution in [1.82, 2.24) is 0 Å². The molecule has 3 nitrogen and oxygen atoms in total. The standard InChI is InChI=1S/C14H25BClNO2Si/c1-13(2)14(3,4)19-15(18-13)11-12(20(5,6)16)9-7-8-10-17/h11H,7-9H2,1-6H3/b12-11-. The van der Waals surface area contributed by atoms with Gasteiger partial charge in [-0.15, -0.1) is 0 Å². The molecule has 1 fully saturated rings. The van der Waals surface area contributed by atoms with E-state index >= 15 is 0 Å². The fourth-order valence-corrected chi connectivity index (χ4v) is 3.83. The molecule has 112 valence electrons. The van der Waals surface area contributed by atoms with Gasteiger partial charge in [0.25, 0.3) is 0 Å². The Morgan fingerprint density at radius 3 is 2.15 bits per heavy atom. The van der Waals surface area contributed by atoms with Crippen molar-refractivity contribution in [2.45, 2.75) is 71.3 Å². The molecule has 0 radical (unpaired) electrons. The molecule has 1 rings (SSSR count). The van der Waals surface area contributed by atoms with Crippen LogP contribution in [0.4, 0.5) is 0 Å². The first-order chi connectivity index (χ1) is 8.99. The molecule has 0 unspecified atom stereocenters. The summed E-state index contributed by atoms with van der Waals surface area (Å²) in [5, 5.41) is 9.86. The third-order valence-electron chi connectivity index (χ3n) is 4.11. The van der Waals surface area contributed by atoms with Crippen LogP contribution in [0.3, 0.4) is 0 Å². The number of allylic oxidation sites excluding steroid dienone is 1. The molecule has 1 aliphatic heterocycles. The second kappa shape index (κ2) is 6.23. The molecular formula is C14H25BClNO2Si. The second-order valence-corrected chi connectivity index (χ2v) is 13.2. The fourth-order valence-electron chi connectivity index (χ4n) is 2.06. The van der Waals surface area contributed by atoms with Crippen LogP contribution in [-0.2, 0) is 9.31 Å². The van der Waals surface area contributed by atoms with Crippen molar-refractivity contribution in [3.63, 3.8) is 0 Å². The van der Waals surface area contributed by atoms with Crippen LogP contribution in [0.15, 0.2) is 11.2 Å². The molecule has 0 atom stereocenters. The van der Waals surface area contributed by atoms with Crippen LogP contribution in [0.1, 0.15) is 47.0 Å². The van der Waals surface area contributed by atoms with Crippen molar-refractivity contribution in [3.05, 3.63) is 11.2 Å². The molecule has 0 aromatic heterocycles. The second-order valence-electron chi connectivity index (χ2n) is 6.80. The molecule has 1 aliphatic rings. The van der Waals surface area contributed by atoms with E-state index in [4.69, 9.17) is 25.6 Å². The first-order valence-corrected chi connectivity index (χ1v) is 11.1. The van der Waals surface area contributed by atoms with E-state index in [1.165, 1.54) is 5.20 Å². The van der Waals surface area contributed by atoms with Crippen LogP contribution >= 0.6 is 11.1 Å². The van der Waals surface area contributed by atoms with Gasteiger partial charge in [-0.05, 0) is 40.5 Å². The SMILES string of the molecule is CC1(C)OB(/C=C(/CCCC#N)[Si](C)(C)Cl)OC1(C)C. The van der Waals surface area contributed by atoms with E-state index in [2.05, 4.69) is 19.2 Å². The monoisotopic (exact) mass is 313 g/mol. The number of rotatable bonds is 5. The summed E-state index contributed by atoms with van der Waals surface area (Å²) in [4.78, 5) is 0. The smallest absolute Gasteiger partial charge is 0.400 e. The molecule has 0 bridgehead atoms. The largest absolute Gasteiger partial charge is 0.486 e. The fraction of sp³-hybridized carbons (Fsp3) is 0.786. The molecule has 1 heterocycles. The Bertz CT molecular complexity index is 408. The van der Waals surface area contributed by atoms with Crippen LogP contribution in [0.2, 0.25) is 13.1 Å². The first kappa shape index (κ1) is 17.8. The van der Waals surface area contributed by atoms with Gasteiger partial charge in [-0.2, -0.15) is 16.3 Å². The molecular weight excluding hydrogens is 289 g/mol. The lowest BCUT2D eigenvalue weighted by molar-refractivity contribution is 0.00578. The highest BCUT2D eigenvalue weighted by atomic mass is 35.6. The molecule has 6 heteroatoms. The van der Waals surface area contributed by atoms with Gasteiger partial charge >= 0.3 is 7.12 Å². The topological polar surface area (TPSA) is 42.2 Å². The maximum absolute atomic E-state index is 8.66. The average Bonchev–Trinajstić information content (AvgIpc) is 2.44. The lowest BCUT2D eigenvalue weighted by Gasteiger charge is -2.32. The van der Waals surface area contributed by atoms with E-state index in [-0.39, 0.29) is 18.3 Å². The third kappa shape index (κ3) is 4.36. The minimum absolute atomic E-state index is 0.329. The molecule has 0 aromatic carbocycles. The van der Waals surface area contributed by atoms with E-state index in [0.29, 0.717) is 6.42 Å². The Hall–Kier alpha value is -0.278. The van der Waals surface area contributed by atoms with Crippen LogP contribution in [-0.4, -0.2) is 25.7 Å². The first-order valence-electron chi connectivity index (χ1n) is 7.12.